The van der Waals surface area contributed by atoms with Crippen molar-refractivity contribution in [1.29, 1.82) is 0 Å². The second kappa shape index (κ2) is 7.77. The van der Waals surface area contributed by atoms with Gasteiger partial charge in [-0.15, -0.1) is 11.3 Å². The van der Waals surface area contributed by atoms with Gasteiger partial charge in [0.1, 0.15) is 11.4 Å². The van der Waals surface area contributed by atoms with Gasteiger partial charge in [0.2, 0.25) is 4.80 Å². The Balaban J connectivity index is 1.84. The Morgan fingerprint density at radius 3 is 2.70 bits per heavy atom. The van der Waals surface area contributed by atoms with Crippen LogP contribution in [0.15, 0.2) is 91.3 Å². The zero-order valence-corrected chi connectivity index (χ0v) is 16.4. The molecule has 0 aliphatic carbocycles. The summed E-state index contributed by atoms with van der Waals surface area (Å²) < 4.78 is 8.10. The standard InChI is InChI=1S/C20H14BrN3O2S/c21-15-8-9-18(25)14(11-15)12-22-24-17(19-7-4-10-26-19)13-27-20(24)23-16-5-2-1-3-6-16/h1-13,25H. The van der Waals surface area contributed by atoms with E-state index in [4.69, 9.17) is 4.42 Å². The summed E-state index contributed by atoms with van der Waals surface area (Å²) in [6.07, 6.45) is 3.22. The Kier molecular flexibility index (Phi) is 5.04. The van der Waals surface area contributed by atoms with Gasteiger partial charge in [-0.2, -0.15) is 5.10 Å². The molecule has 0 aliphatic heterocycles. The SMILES string of the molecule is Oc1ccc(Br)cc1C=Nn1c(-c2ccco2)csc1=Nc1ccccc1. The lowest BCUT2D eigenvalue weighted by Gasteiger charge is -2.02. The van der Waals surface area contributed by atoms with Crippen LogP contribution in [0.5, 0.6) is 5.75 Å². The molecular formula is C20H14BrN3O2S. The van der Waals surface area contributed by atoms with E-state index in [1.54, 1.807) is 35.4 Å². The maximum Gasteiger partial charge on any atom is 0.211 e. The predicted molar refractivity (Wildman–Crippen MR) is 110 cm³/mol. The van der Waals surface area contributed by atoms with Crippen LogP contribution in [-0.2, 0) is 0 Å². The number of hydrogen-bond acceptors (Lipinski definition) is 5. The van der Waals surface area contributed by atoms with Crippen LogP contribution in [-0.4, -0.2) is 16.0 Å². The highest BCUT2D eigenvalue weighted by Crippen LogP contribution is 2.23. The molecule has 0 radical (unpaired) electrons. The van der Waals surface area contributed by atoms with E-state index >= 15 is 0 Å². The second-order valence-corrected chi connectivity index (χ2v) is 7.34. The predicted octanol–water partition coefficient (Wildman–Crippen LogP) is 5.39. The fourth-order valence-corrected chi connectivity index (χ4v) is 3.66. The zero-order chi connectivity index (χ0) is 18.6. The highest BCUT2D eigenvalue weighted by molar-refractivity contribution is 9.10. The molecule has 0 fully saturated rings. The minimum atomic E-state index is 0.152. The van der Waals surface area contributed by atoms with E-state index in [9.17, 15) is 5.11 Å². The van der Waals surface area contributed by atoms with Crippen LogP contribution in [0.3, 0.4) is 0 Å². The first-order valence-electron chi connectivity index (χ1n) is 8.08. The molecule has 0 saturated carbocycles. The fraction of sp³-hybridized carbons (Fsp3) is 0. The number of aromatic hydroxyl groups is 1. The second-order valence-electron chi connectivity index (χ2n) is 5.59. The number of halogens is 1. The smallest absolute Gasteiger partial charge is 0.211 e. The number of para-hydroxylation sites is 1. The lowest BCUT2D eigenvalue weighted by molar-refractivity contribution is 0.474. The number of rotatable bonds is 4. The van der Waals surface area contributed by atoms with Crippen LogP contribution in [0.4, 0.5) is 5.69 Å². The van der Waals surface area contributed by atoms with Crippen molar-refractivity contribution >= 4 is 39.2 Å². The largest absolute Gasteiger partial charge is 0.507 e. The van der Waals surface area contributed by atoms with Crippen LogP contribution in [0.25, 0.3) is 11.5 Å². The quantitative estimate of drug-likeness (QED) is 0.433. The van der Waals surface area contributed by atoms with Crippen molar-refractivity contribution in [3.05, 3.63) is 87.1 Å². The third-order valence-corrected chi connectivity index (χ3v) is 5.05. The number of aromatic nitrogens is 1. The van der Waals surface area contributed by atoms with Gasteiger partial charge in [-0.3, -0.25) is 0 Å². The highest BCUT2D eigenvalue weighted by Gasteiger charge is 2.10. The molecule has 4 rings (SSSR count). The van der Waals surface area contributed by atoms with E-state index in [2.05, 4.69) is 26.0 Å². The third kappa shape index (κ3) is 3.94. The summed E-state index contributed by atoms with van der Waals surface area (Å²) >= 11 is 4.87. The summed E-state index contributed by atoms with van der Waals surface area (Å²) in [5, 5.41) is 16.6. The van der Waals surface area contributed by atoms with Crippen LogP contribution >= 0.6 is 27.3 Å². The van der Waals surface area contributed by atoms with Crippen molar-refractivity contribution < 1.29 is 9.52 Å². The number of benzene rings is 2. The number of nitrogens with zero attached hydrogens (tertiary/aromatic N) is 3. The number of furan rings is 1. The van der Waals surface area contributed by atoms with Gasteiger partial charge in [0.25, 0.3) is 0 Å². The van der Waals surface area contributed by atoms with Crippen molar-refractivity contribution in [1.82, 2.24) is 4.68 Å². The summed E-state index contributed by atoms with van der Waals surface area (Å²) in [7, 11) is 0. The molecule has 5 nitrogen and oxygen atoms in total. The molecular weight excluding hydrogens is 426 g/mol. The fourth-order valence-electron chi connectivity index (χ4n) is 2.45. The van der Waals surface area contributed by atoms with Crippen molar-refractivity contribution in [2.75, 3.05) is 0 Å². The van der Waals surface area contributed by atoms with Gasteiger partial charge >= 0.3 is 0 Å². The Morgan fingerprint density at radius 2 is 1.93 bits per heavy atom. The molecule has 134 valence electrons. The van der Waals surface area contributed by atoms with E-state index in [0.29, 0.717) is 16.1 Å². The Bertz CT molecular complexity index is 1150. The molecule has 0 saturated heterocycles. The first-order valence-corrected chi connectivity index (χ1v) is 9.75. The first-order chi connectivity index (χ1) is 13.2. The molecule has 27 heavy (non-hydrogen) atoms. The van der Waals surface area contributed by atoms with Gasteiger partial charge in [0.15, 0.2) is 5.76 Å². The average molecular weight is 440 g/mol. The van der Waals surface area contributed by atoms with Gasteiger partial charge in [-0.1, -0.05) is 34.1 Å². The highest BCUT2D eigenvalue weighted by atomic mass is 79.9. The molecule has 0 unspecified atom stereocenters. The third-order valence-electron chi connectivity index (χ3n) is 3.74. The van der Waals surface area contributed by atoms with Gasteiger partial charge in [-0.25, -0.2) is 9.67 Å². The molecule has 0 aliphatic rings. The Labute approximate surface area is 167 Å². The van der Waals surface area contributed by atoms with Crippen LogP contribution in [0.1, 0.15) is 5.56 Å². The topological polar surface area (TPSA) is 63.0 Å². The summed E-state index contributed by atoms with van der Waals surface area (Å²) in [6.45, 7) is 0. The minimum absolute atomic E-state index is 0.152. The normalized spacial score (nSPS) is 12.1. The van der Waals surface area contributed by atoms with E-state index < -0.39 is 0 Å². The van der Waals surface area contributed by atoms with E-state index in [1.807, 2.05) is 47.8 Å². The summed E-state index contributed by atoms with van der Waals surface area (Å²) in [6, 6.07) is 18.6. The van der Waals surface area contributed by atoms with E-state index in [1.165, 1.54) is 11.3 Å². The van der Waals surface area contributed by atoms with Crippen molar-refractivity contribution in [2.24, 2.45) is 10.1 Å². The molecule has 0 spiro atoms. The number of thiazole rings is 1. The van der Waals surface area contributed by atoms with Crippen LogP contribution in [0, 0.1) is 0 Å². The molecule has 7 heteroatoms. The lowest BCUT2D eigenvalue weighted by atomic mass is 10.2. The van der Waals surface area contributed by atoms with E-state index in [-0.39, 0.29) is 5.75 Å². The molecule has 0 bridgehead atoms. The van der Waals surface area contributed by atoms with Gasteiger partial charge < -0.3 is 9.52 Å². The number of hydrogen-bond donors (Lipinski definition) is 1. The van der Waals surface area contributed by atoms with Crippen LogP contribution < -0.4 is 4.80 Å². The lowest BCUT2D eigenvalue weighted by Crippen LogP contribution is -2.11. The van der Waals surface area contributed by atoms with Crippen molar-refractivity contribution in [3.63, 3.8) is 0 Å². The average Bonchev–Trinajstić information content (AvgIpc) is 3.33. The summed E-state index contributed by atoms with van der Waals surface area (Å²) in [4.78, 5) is 5.37. The van der Waals surface area contributed by atoms with Gasteiger partial charge in [-0.05, 0) is 42.5 Å². The molecule has 0 atom stereocenters. The molecule has 4 aromatic rings. The number of phenolic OH excluding ortho intramolecular Hbond substituents is 1. The Hall–Kier alpha value is -2.90. The molecule has 2 aromatic carbocycles. The molecule has 1 N–H and O–H groups in total. The maximum atomic E-state index is 10.1. The van der Waals surface area contributed by atoms with Gasteiger partial charge in [0.05, 0.1) is 18.2 Å². The maximum absolute atomic E-state index is 10.1. The van der Waals surface area contributed by atoms with Crippen molar-refractivity contribution in [3.8, 4) is 17.2 Å². The zero-order valence-electron chi connectivity index (χ0n) is 14.0. The first kappa shape index (κ1) is 17.5. The molecule has 2 aromatic heterocycles. The molecule has 0 amide bonds. The number of phenols is 1. The van der Waals surface area contributed by atoms with Gasteiger partial charge in [0, 0.05) is 15.4 Å². The summed E-state index contributed by atoms with van der Waals surface area (Å²) in [5.41, 5.74) is 2.21. The van der Waals surface area contributed by atoms with E-state index in [0.717, 1.165) is 15.9 Å². The van der Waals surface area contributed by atoms with Crippen molar-refractivity contribution in [2.45, 2.75) is 0 Å². The molecule has 2 heterocycles. The minimum Gasteiger partial charge on any atom is -0.507 e. The van der Waals surface area contributed by atoms with Crippen LogP contribution in [0.2, 0.25) is 0 Å². The monoisotopic (exact) mass is 439 g/mol. The summed E-state index contributed by atoms with van der Waals surface area (Å²) in [5.74, 6) is 0.843. The Morgan fingerprint density at radius 1 is 1.07 bits per heavy atom.